The highest BCUT2D eigenvalue weighted by Gasteiger charge is 2.35. The molecule has 2 aliphatic rings. The van der Waals surface area contributed by atoms with Gasteiger partial charge in [-0.3, -0.25) is 9.78 Å². The first kappa shape index (κ1) is 25.7. The molecule has 0 radical (unpaired) electrons. The summed E-state index contributed by atoms with van der Waals surface area (Å²) in [6.07, 6.45) is 15.9. The van der Waals surface area contributed by atoms with Gasteiger partial charge < -0.3 is 14.4 Å². The lowest BCUT2D eigenvalue weighted by atomic mass is 9.86. The van der Waals surface area contributed by atoms with E-state index in [1.165, 1.54) is 50.5 Å². The zero-order valence-electron chi connectivity index (χ0n) is 21.9. The molecule has 0 bridgehead atoms. The number of likely N-dealkylation sites (tertiary alicyclic amines) is 1. The maximum Gasteiger partial charge on any atom is 0.311 e. The van der Waals surface area contributed by atoms with E-state index in [1.54, 1.807) is 6.20 Å². The van der Waals surface area contributed by atoms with E-state index in [-0.39, 0.29) is 5.97 Å². The van der Waals surface area contributed by atoms with Crippen LogP contribution in [0.25, 0.3) is 11.1 Å². The second-order valence-electron chi connectivity index (χ2n) is 10.6. The molecule has 190 valence electrons. The molecule has 1 saturated heterocycles. The molecular formula is C30H42N2O3. The van der Waals surface area contributed by atoms with Crippen LogP contribution in [-0.2, 0) is 16.8 Å². The molecule has 5 nitrogen and oxygen atoms in total. The van der Waals surface area contributed by atoms with Crippen molar-refractivity contribution in [2.24, 2.45) is 0 Å². The van der Waals surface area contributed by atoms with Crippen LogP contribution in [0.5, 0.6) is 11.5 Å². The molecule has 0 saturated carbocycles. The number of fused-ring (bicyclic) bond motifs is 3. The van der Waals surface area contributed by atoms with Gasteiger partial charge in [0.25, 0.3) is 0 Å². The molecule has 0 spiro atoms. The van der Waals surface area contributed by atoms with Crippen LogP contribution >= 0.6 is 0 Å². The number of aromatic nitrogens is 1. The van der Waals surface area contributed by atoms with Crippen molar-refractivity contribution in [3.05, 3.63) is 41.7 Å². The van der Waals surface area contributed by atoms with Gasteiger partial charge in [-0.15, -0.1) is 0 Å². The van der Waals surface area contributed by atoms with Gasteiger partial charge in [0.2, 0.25) is 0 Å². The number of hydrogen-bond acceptors (Lipinski definition) is 5. The Morgan fingerprint density at radius 1 is 1.09 bits per heavy atom. The van der Waals surface area contributed by atoms with E-state index >= 15 is 0 Å². The largest absolute Gasteiger partial charge is 0.482 e. The molecule has 0 atom stereocenters. The van der Waals surface area contributed by atoms with Crippen LogP contribution < -0.4 is 9.47 Å². The molecule has 35 heavy (non-hydrogen) atoms. The van der Waals surface area contributed by atoms with Crippen molar-refractivity contribution in [2.45, 2.75) is 97.0 Å². The fraction of sp³-hybridized carbons (Fsp3) is 0.600. The lowest BCUT2D eigenvalue weighted by Gasteiger charge is -2.35. The molecule has 5 heteroatoms. The van der Waals surface area contributed by atoms with Gasteiger partial charge in [0.05, 0.1) is 5.56 Å². The van der Waals surface area contributed by atoms with Crippen molar-refractivity contribution in [2.75, 3.05) is 19.6 Å². The summed E-state index contributed by atoms with van der Waals surface area (Å²) in [5.74, 6) is 1.23. The summed E-state index contributed by atoms with van der Waals surface area (Å²) in [4.78, 5) is 19.8. The van der Waals surface area contributed by atoms with Gasteiger partial charge >= 0.3 is 5.97 Å². The molecule has 3 heterocycles. The minimum Gasteiger partial charge on any atom is -0.482 e. The SMILES string of the molecule is CCCCCCCc1cc(OC(=O)CCCN2CCCCC2)c2c(c1)OC(C)(C)c1ccncc1-2. The van der Waals surface area contributed by atoms with Crippen molar-refractivity contribution >= 4 is 5.97 Å². The Bertz CT molecular complexity index is 995. The summed E-state index contributed by atoms with van der Waals surface area (Å²) < 4.78 is 12.5. The van der Waals surface area contributed by atoms with E-state index in [0.29, 0.717) is 12.2 Å². The summed E-state index contributed by atoms with van der Waals surface area (Å²) in [7, 11) is 0. The molecule has 1 aromatic carbocycles. The Morgan fingerprint density at radius 3 is 2.69 bits per heavy atom. The minimum atomic E-state index is -0.471. The van der Waals surface area contributed by atoms with Gasteiger partial charge in [0.15, 0.2) is 0 Å². The summed E-state index contributed by atoms with van der Waals surface area (Å²) in [6, 6.07) is 6.20. The Kier molecular flexibility index (Phi) is 8.83. The summed E-state index contributed by atoms with van der Waals surface area (Å²) in [5, 5.41) is 0. The van der Waals surface area contributed by atoms with Crippen molar-refractivity contribution < 1.29 is 14.3 Å². The predicted molar refractivity (Wildman–Crippen MR) is 141 cm³/mol. The monoisotopic (exact) mass is 478 g/mol. The molecule has 2 aromatic rings. The number of esters is 1. The normalized spacial score (nSPS) is 16.8. The zero-order valence-corrected chi connectivity index (χ0v) is 21.9. The van der Waals surface area contributed by atoms with Gasteiger partial charge in [-0.25, -0.2) is 0 Å². The Balaban J connectivity index is 1.52. The molecule has 4 rings (SSSR count). The highest BCUT2D eigenvalue weighted by atomic mass is 16.5. The standard InChI is InChI=1S/C30H42N2O3/c1-4-5-6-7-9-13-23-20-26(34-28(33)14-12-19-32-17-10-8-11-18-32)29-24-22-31-16-15-25(24)30(2,3)35-27(29)21-23/h15-16,20-22H,4-14,17-19H2,1-3H3. The Hall–Kier alpha value is -2.40. The highest BCUT2D eigenvalue weighted by molar-refractivity contribution is 5.84. The summed E-state index contributed by atoms with van der Waals surface area (Å²) in [5.41, 5.74) is 3.60. The Morgan fingerprint density at radius 2 is 1.89 bits per heavy atom. The van der Waals surface area contributed by atoms with Gasteiger partial charge in [0, 0.05) is 29.9 Å². The maximum absolute atomic E-state index is 12.9. The predicted octanol–water partition coefficient (Wildman–Crippen LogP) is 7.06. The number of nitrogens with zero attached hydrogens (tertiary/aromatic N) is 2. The third kappa shape index (κ3) is 6.63. The van der Waals surface area contributed by atoms with E-state index in [0.717, 1.165) is 61.3 Å². The van der Waals surface area contributed by atoms with Crippen LogP contribution in [0.15, 0.2) is 30.6 Å². The molecular weight excluding hydrogens is 436 g/mol. The van der Waals surface area contributed by atoms with Gasteiger partial charge in [0.1, 0.15) is 17.1 Å². The van der Waals surface area contributed by atoms with Crippen LogP contribution in [0.2, 0.25) is 0 Å². The van der Waals surface area contributed by atoms with Gasteiger partial charge in [-0.1, -0.05) is 39.0 Å². The van der Waals surface area contributed by atoms with Crippen LogP contribution in [0.3, 0.4) is 0 Å². The molecule has 2 aliphatic heterocycles. The van der Waals surface area contributed by atoms with E-state index in [2.05, 4.69) is 42.8 Å². The number of carbonyl (C=O) groups is 1. The van der Waals surface area contributed by atoms with Crippen LogP contribution in [0.4, 0.5) is 0 Å². The first-order valence-corrected chi connectivity index (χ1v) is 13.7. The number of hydrogen-bond donors (Lipinski definition) is 0. The van der Waals surface area contributed by atoms with Crippen molar-refractivity contribution in [3.8, 4) is 22.6 Å². The summed E-state index contributed by atoms with van der Waals surface area (Å²) >= 11 is 0. The van der Waals surface area contributed by atoms with Crippen LogP contribution in [0.1, 0.15) is 96.1 Å². The van der Waals surface area contributed by atoms with E-state index in [1.807, 2.05) is 12.3 Å². The summed E-state index contributed by atoms with van der Waals surface area (Å²) in [6.45, 7) is 9.67. The van der Waals surface area contributed by atoms with Gasteiger partial charge in [-0.2, -0.15) is 0 Å². The van der Waals surface area contributed by atoms with Crippen molar-refractivity contribution in [1.29, 1.82) is 0 Å². The third-order valence-corrected chi connectivity index (χ3v) is 7.33. The van der Waals surface area contributed by atoms with E-state index in [4.69, 9.17) is 9.47 Å². The number of aryl methyl sites for hydroxylation is 1. The van der Waals surface area contributed by atoms with Gasteiger partial charge in [-0.05, 0) is 89.3 Å². The number of piperidine rings is 1. The smallest absolute Gasteiger partial charge is 0.311 e. The number of ether oxygens (including phenoxy) is 2. The second kappa shape index (κ2) is 12.0. The van der Waals surface area contributed by atoms with E-state index in [9.17, 15) is 4.79 Å². The molecule has 0 unspecified atom stereocenters. The second-order valence-corrected chi connectivity index (χ2v) is 10.6. The highest BCUT2D eigenvalue weighted by Crippen LogP contribution is 2.49. The molecule has 1 fully saturated rings. The number of benzene rings is 1. The average Bonchev–Trinajstić information content (AvgIpc) is 2.84. The van der Waals surface area contributed by atoms with Crippen LogP contribution in [0, 0.1) is 0 Å². The number of rotatable bonds is 11. The zero-order chi connectivity index (χ0) is 24.7. The number of carbonyl (C=O) groups excluding carboxylic acids is 1. The topological polar surface area (TPSA) is 51.7 Å². The third-order valence-electron chi connectivity index (χ3n) is 7.33. The first-order chi connectivity index (χ1) is 17.0. The van der Waals surface area contributed by atoms with Crippen molar-refractivity contribution in [1.82, 2.24) is 9.88 Å². The van der Waals surface area contributed by atoms with Crippen molar-refractivity contribution in [3.63, 3.8) is 0 Å². The maximum atomic E-state index is 12.9. The number of unbranched alkanes of at least 4 members (excludes halogenated alkanes) is 4. The average molecular weight is 479 g/mol. The minimum absolute atomic E-state index is 0.167. The number of pyridine rings is 1. The fourth-order valence-electron chi connectivity index (χ4n) is 5.40. The van der Waals surface area contributed by atoms with Crippen LogP contribution in [-0.4, -0.2) is 35.5 Å². The molecule has 1 aromatic heterocycles. The fourth-order valence-corrected chi connectivity index (χ4v) is 5.40. The Labute approximate surface area is 211 Å². The van der Waals surface area contributed by atoms with E-state index < -0.39 is 5.60 Å². The lowest BCUT2D eigenvalue weighted by Crippen LogP contribution is -2.31. The quantitative estimate of drug-likeness (QED) is 0.197. The molecule has 0 aliphatic carbocycles. The lowest BCUT2D eigenvalue weighted by molar-refractivity contribution is -0.134. The first-order valence-electron chi connectivity index (χ1n) is 13.7. The molecule has 0 N–H and O–H groups in total. The molecule has 0 amide bonds.